The molecule has 0 saturated heterocycles. The second kappa shape index (κ2) is 10.3. The van der Waals surface area contributed by atoms with Gasteiger partial charge in [0.1, 0.15) is 0 Å². The highest BCUT2D eigenvalue weighted by Crippen LogP contribution is 2.19. The first-order valence-electron chi connectivity index (χ1n) is 8.70. The lowest BCUT2D eigenvalue weighted by Crippen LogP contribution is -2.42. The third-order valence-corrected chi connectivity index (χ3v) is 5.42. The van der Waals surface area contributed by atoms with Crippen LogP contribution < -0.4 is 16.0 Å². The number of rotatable bonds is 8. The Morgan fingerprint density at radius 3 is 2.64 bits per heavy atom. The summed E-state index contributed by atoms with van der Waals surface area (Å²) in [5, 5.41) is 9.63. The average Bonchev–Trinajstić information content (AvgIpc) is 2.61. The average molecular weight is 365 g/mol. The molecule has 6 heteroatoms. The van der Waals surface area contributed by atoms with Crippen LogP contribution in [0.4, 0.5) is 5.69 Å². The van der Waals surface area contributed by atoms with Gasteiger partial charge < -0.3 is 16.0 Å². The molecule has 1 aromatic carbocycles. The number of nitrogens with one attached hydrogen (secondary N) is 3. The minimum absolute atomic E-state index is 0.0181. The van der Waals surface area contributed by atoms with Crippen LogP contribution in [0.2, 0.25) is 0 Å². The Kier molecular flexibility index (Phi) is 8.83. The number of carbonyl (C=O) groups excluding carboxylic acids is 1. The molecule has 0 spiro atoms. The first-order valence-corrected chi connectivity index (χ1v) is 9.93. The van der Waals surface area contributed by atoms with Crippen molar-refractivity contribution < 1.29 is 4.79 Å². The Morgan fingerprint density at radius 2 is 2.04 bits per heavy atom. The SMILES string of the molecule is CCC(C)C(=O)Nc1cccc(CNC(=NC)NCC(C)(C)SC)c1. The molecule has 0 radical (unpaired) electrons. The van der Waals surface area contributed by atoms with Crippen LogP contribution in [0.15, 0.2) is 29.3 Å². The number of carbonyl (C=O) groups is 1. The zero-order valence-corrected chi connectivity index (χ0v) is 17.1. The zero-order valence-electron chi connectivity index (χ0n) is 16.3. The number of guanidine groups is 1. The fraction of sp³-hybridized carbons (Fsp3) is 0.579. The van der Waals surface area contributed by atoms with Gasteiger partial charge in [0, 0.05) is 36.5 Å². The number of thioether (sulfide) groups is 1. The first-order chi connectivity index (χ1) is 11.8. The molecule has 0 aliphatic heterocycles. The van der Waals surface area contributed by atoms with Crippen molar-refractivity contribution >= 4 is 29.3 Å². The van der Waals surface area contributed by atoms with E-state index in [1.807, 2.05) is 49.9 Å². The van der Waals surface area contributed by atoms with Crippen molar-refractivity contribution in [2.45, 2.75) is 45.4 Å². The predicted molar refractivity (Wildman–Crippen MR) is 110 cm³/mol. The molecule has 1 unspecified atom stereocenters. The fourth-order valence-corrected chi connectivity index (χ4v) is 2.20. The van der Waals surface area contributed by atoms with Crippen LogP contribution in [0.3, 0.4) is 0 Å². The molecule has 1 amide bonds. The summed E-state index contributed by atoms with van der Waals surface area (Å²) in [4.78, 5) is 16.3. The Bertz CT molecular complexity index is 587. The van der Waals surface area contributed by atoms with E-state index in [1.54, 1.807) is 7.05 Å². The van der Waals surface area contributed by atoms with Crippen molar-refractivity contribution in [3.63, 3.8) is 0 Å². The molecule has 0 bridgehead atoms. The largest absolute Gasteiger partial charge is 0.355 e. The molecule has 1 rings (SSSR count). The van der Waals surface area contributed by atoms with Crippen molar-refractivity contribution in [2.24, 2.45) is 10.9 Å². The van der Waals surface area contributed by atoms with Gasteiger partial charge in [0.25, 0.3) is 0 Å². The fourth-order valence-electron chi connectivity index (χ4n) is 1.99. The maximum Gasteiger partial charge on any atom is 0.227 e. The monoisotopic (exact) mass is 364 g/mol. The highest BCUT2D eigenvalue weighted by atomic mass is 32.2. The summed E-state index contributed by atoms with van der Waals surface area (Å²) in [6, 6.07) is 7.89. The van der Waals surface area contributed by atoms with Crippen LogP contribution in [0.5, 0.6) is 0 Å². The number of aliphatic imine (C=N–C) groups is 1. The van der Waals surface area contributed by atoms with Gasteiger partial charge in [-0.05, 0) is 44.2 Å². The number of nitrogens with zero attached hydrogens (tertiary/aromatic N) is 1. The normalized spacial score (nSPS) is 13.3. The van der Waals surface area contributed by atoms with E-state index in [0.29, 0.717) is 6.54 Å². The lowest BCUT2D eigenvalue weighted by Gasteiger charge is -2.23. The molecule has 0 aliphatic carbocycles. The van der Waals surface area contributed by atoms with E-state index < -0.39 is 0 Å². The second-order valence-corrected chi connectivity index (χ2v) is 8.26. The number of benzene rings is 1. The Balaban J connectivity index is 2.59. The molecule has 0 aromatic heterocycles. The molecule has 140 valence electrons. The summed E-state index contributed by atoms with van der Waals surface area (Å²) in [5.74, 6) is 0.852. The number of amides is 1. The number of hydrogen-bond acceptors (Lipinski definition) is 3. The van der Waals surface area contributed by atoms with Crippen molar-refractivity contribution in [3.05, 3.63) is 29.8 Å². The quantitative estimate of drug-likeness (QED) is 0.488. The molecule has 5 nitrogen and oxygen atoms in total. The minimum Gasteiger partial charge on any atom is -0.355 e. The molecule has 1 aromatic rings. The van der Waals surface area contributed by atoms with Crippen molar-refractivity contribution in [1.82, 2.24) is 10.6 Å². The van der Waals surface area contributed by atoms with Gasteiger partial charge in [0.2, 0.25) is 5.91 Å². The van der Waals surface area contributed by atoms with Crippen molar-refractivity contribution in [2.75, 3.05) is 25.2 Å². The first kappa shape index (κ1) is 21.4. The highest BCUT2D eigenvalue weighted by molar-refractivity contribution is 7.99. The summed E-state index contributed by atoms with van der Waals surface area (Å²) >= 11 is 1.82. The highest BCUT2D eigenvalue weighted by Gasteiger charge is 2.16. The summed E-state index contributed by atoms with van der Waals surface area (Å²) in [5.41, 5.74) is 1.92. The Labute approximate surface area is 156 Å². The summed E-state index contributed by atoms with van der Waals surface area (Å²) in [7, 11) is 1.77. The maximum atomic E-state index is 12.0. The molecule has 25 heavy (non-hydrogen) atoms. The van der Waals surface area contributed by atoms with Crippen LogP contribution >= 0.6 is 11.8 Å². The van der Waals surface area contributed by atoms with Gasteiger partial charge in [-0.3, -0.25) is 9.79 Å². The van der Waals surface area contributed by atoms with E-state index in [-0.39, 0.29) is 16.6 Å². The molecular formula is C19H32N4OS. The molecule has 0 aliphatic rings. The van der Waals surface area contributed by atoms with Crippen molar-refractivity contribution in [1.29, 1.82) is 0 Å². The van der Waals surface area contributed by atoms with Crippen molar-refractivity contribution in [3.8, 4) is 0 Å². The van der Waals surface area contributed by atoms with Crippen LogP contribution in [-0.4, -0.2) is 36.5 Å². The molecule has 3 N–H and O–H groups in total. The van der Waals surface area contributed by atoms with Gasteiger partial charge in [-0.1, -0.05) is 26.0 Å². The van der Waals surface area contributed by atoms with E-state index in [4.69, 9.17) is 0 Å². The van der Waals surface area contributed by atoms with E-state index in [2.05, 4.69) is 41.0 Å². The molecule has 0 saturated carbocycles. The summed E-state index contributed by atoms with van der Waals surface area (Å²) in [6.07, 6.45) is 2.94. The van der Waals surface area contributed by atoms with Gasteiger partial charge in [0.05, 0.1) is 0 Å². The topological polar surface area (TPSA) is 65.5 Å². The van der Waals surface area contributed by atoms with E-state index in [0.717, 1.165) is 30.2 Å². The molecule has 1 atom stereocenters. The minimum atomic E-state index is 0.0181. The van der Waals surface area contributed by atoms with E-state index in [9.17, 15) is 4.79 Å². The van der Waals surface area contributed by atoms with E-state index in [1.165, 1.54) is 0 Å². The Hall–Kier alpha value is -1.69. The second-order valence-electron chi connectivity index (χ2n) is 6.74. The zero-order chi connectivity index (χ0) is 18.9. The van der Waals surface area contributed by atoms with Crippen LogP contribution in [0.1, 0.15) is 39.7 Å². The summed E-state index contributed by atoms with van der Waals surface area (Å²) < 4.78 is 0.151. The van der Waals surface area contributed by atoms with Crippen LogP contribution in [0, 0.1) is 5.92 Å². The number of anilines is 1. The third-order valence-electron chi connectivity index (χ3n) is 4.17. The van der Waals surface area contributed by atoms with Gasteiger partial charge in [0.15, 0.2) is 5.96 Å². The van der Waals surface area contributed by atoms with Crippen LogP contribution in [-0.2, 0) is 11.3 Å². The van der Waals surface area contributed by atoms with Gasteiger partial charge in [-0.25, -0.2) is 0 Å². The van der Waals surface area contributed by atoms with Crippen LogP contribution in [0.25, 0.3) is 0 Å². The van der Waals surface area contributed by atoms with Gasteiger partial charge in [-0.15, -0.1) is 0 Å². The lowest BCUT2D eigenvalue weighted by molar-refractivity contribution is -0.119. The standard InChI is InChI=1S/C19H32N4OS/c1-7-14(2)17(24)23-16-10-8-9-15(11-16)12-21-18(20-5)22-13-19(3,4)25-6/h8-11,14H,7,12-13H2,1-6H3,(H,23,24)(H2,20,21,22). The predicted octanol–water partition coefficient (Wildman–Crippen LogP) is 3.48. The van der Waals surface area contributed by atoms with Gasteiger partial charge >= 0.3 is 0 Å². The molecule has 0 fully saturated rings. The van der Waals surface area contributed by atoms with E-state index >= 15 is 0 Å². The molecule has 0 heterocycles. The molecular weight excluding hydrogens is 332 g/mol. The smallest absolute Gasteiger partial charge is 0.227 e. The third kappa shape index (κ3) is 7.82. The number of hydrogen-bond donors (Lipinski definition) is 3. The van der Waals surface area contributed by atoms with Gasteiger partial charge in [-0.2, -0.15) is 11.8 Å². The Morgan fingerprint density at radius 1 is 1.32 bits per heavy atom. The lowest BCUT2D eigenvalue weighted by atomic mass is 10.1. The maximum absolute atomic E-state index is 12.0. The summed E-state index contributed by atoms with van der Waals surface area (Å²) in [6.45, 7) is 9.82.